The van der Waals surface area contributed by atoms with Gasteiger partial charge in [0.2, 0.25) is 0 Å². The smallest absolute Gasteiger partial charge is 0.335 e. The Morgan fingerprint density at radius 1 is 0.944 bits per heavy atom. The molecule has 0 radical (unpaired) electrons. The highest BCUT2D eigenvalue weighted by molar-refractivity contribution is 5.99. The maximum atomic E-state index is 14.9. The second-order valence-corrected chi connectivity index (χ2v) is 8.42. The largest absolute Gasteiger partial charge is 0.478 e. The molecule has 1 fully saturated rings. The Balaban J connectivity index is 1.30. The number of carbonyl (C=O) groups excluding carboxylic acids is 2. The summed E-state index contributed by atoms with van der Waals surface area (Å²) in [5.74, 6) is -1.02. The van der Waals surface area contributed by atoms with E-state index in [0.29, 0.717) is 30.8 Å². The maximum Gasteiger partial charge on any atom is 0.335 e. The van der Waals surface area contributed by atoms with E-state index in [4.69, 9.17) is 9.84 Å². The number of ketones is 1. The van der Waals surface area contributed by atoms with E-state index in [1.165, 1.54) is 29.2 Å². The quantitative estimate of drug-likeness (QED) is 0.366. The van der Waals surface area contributed by atoms with Crippen molar-refractivity contribution in [2.24, 2.45) is 0 Å². The Kier molecular flexibility index (Phi) is 7.92. The Morgan fingerprint density at radius 3 is 2.22 bits per heavy atom. The van der Waals surface area contributed by atoms with E-state index in [0.717, 1.165) is 5.56 Å². The number of alkyl halides is 1. The fourth-order valence-electron chi connectivity index (χ4n) is 4.07. The van der Waals surface area contributed by atoms with Gasteiger partial charge in [0, 0.05) is 24.3 Å². The standard InChI is InChI=1S/C27H26FN3O5/c28-26(36-22-14-10-19(11-15-22)25(33)34)31-16-4-7-23(31)24(32)17-18-8-12-21(13-9-18)30-27(35)29-20-5-2-1-3-6-20/h1-3,5-6,8-15,23,26H,4,7,16-17H2,(H,33,34)(H2,29,30,35)/t23-,26-/m0/s1. The van der Waals surface area contributed by atoms with Crippen LogP contribution in [0.4, 0.5) is 20.6 Å². The molecule has 3 aromatic carbocycles. The lowest BCUT2D eigenvalue weighted by molar-refractivity contribution is -0.133. The van der Waals surface area contributed by atoms with E-state index in [-0.39, 0.29) is 29.5 Å². The minimum absolute atomic E-state index is 0.0741. The van der Waals surface area contributed by atoms with E-state index in [2.05, 4.69) is 10.6 Å². The fraction of sp³-hybridized carbons (Fsp3) is 0.222. The average Bonchev–Trinajstić information content (AvgIpc) is 3.37. The van der Waals surface area contributed by atoms with Crippen LogP contribution in [0.3, 0.4) is 0 Å². The van der Waals surface area contributed by atoms with Crippen molar-refractivity contribution < 1.29 is 28.6 Å². The number of nitrogens with zero attached hydrogens (tertiary/aromatic N) is 1. The number of carboxylic acids is 1. The molecule has 0 unspecified atom stereocenters. The average molecular weight is 492 g/mol. The number of amides is 2. The molecule has 36 heavy (non-hydrogen) atoms. The third-order valence-electron chi connectivity index (χ3n) is 5.88. The molecule has 1 saturated heterocycles. The number of aromatic carboxylic acids is 1. The lowest BCUT2D eigenvalue weighted by Gasteiger charge is -2.27. The third kappa shape index (κ3) is 6.45. The predicted octanol–water partition coefficient (Wildman–Crippen LogP) is 4.94. The highest BCUT2D eigenvalue weighted by atomic mass is 19.1. The fourth-order valence-corrected chi connectivity index (χ4v) is 4.07. The molecule has 0 aromatic heterocycles. The van der Waals surface area contributed by atoms with Gasteiger partial charge in [-0.2, -0.15) is 4.39 Å². The Hall–Kier alpha value is -4.24. The van der Waals surface area contributed by atoms with Crippen LogP contribution in [0.15, 0.2) is 78.9 Å². The normalized spacial score (nSPS) is 16.2. The molecule has 9 heteroatoms. The number of carbonyl (C=O) groups is 3. The third-order valence-corrected chi connectivity index (χ3v) is 5.88. The van der Waals surface area contributed by atoms with Crippen LogP contribution in [0.1, 0.15) is 28.8 Å². The number of carboxylic acid groups (broad SMARTS) is 1. The number of Topliss-reactive ketones (excluding diaryl/α,β-unsaturated/α-hetero) is 1. The van der Waals surface area contributed by atoms with Crippen LogP contribution in [-0.4, -0.2) is 46.9 Å². The van der Waals surface area contributed by atoms with Crippen molar-refractivity contribution in [3.05, 3.63) is 90.0 Å². The number of ether oxygens (including phenoxy) is 1. The van der Waals surface area contributed by atoms with Crippen molar-refractivity contribution in [3.63, 3.8) is 0 Å². The number of hydrogen-bond acceptors (Lipinski definition) is 5. The molecule has 2 atom stereocenters. The zero-order valence-electron chi connectivity index (χ0n) is 19.4. The van der Waals surface area contributed by atoms with E-state index < -0.39 is 18.5 Å². The van der Waals surface area contributed by atoms with Crippen molar-refractivity contribution in [1.82, 2.24) is 4.90 Å². The summed E-state index contributed by atoms with van der Waals surface area (Å²) in [5, 5.41) is 14.4. The van der Waals surface area contributed by atoms with Crippen molar-refractivity contribution in [3.8, 4) is 5.75 Å². The Labute approximate surface area is 207 Å². The van der Waals surface area contributed by atoms with Gasteiger partial charge in [0.05, 0.1) is 11.6 Å². The first kappa shape index (κ1) is 24.9. The van der Waals surface area contributed by atoms with Gasteiger partial charge >= 0.3 is 12.0 Å². The maximum absolute atomic E-state index is 14.9. The topological polar surface area (TPSA) is 108 Å². The number of nitrogens with one attached hydrogen (secondary N) is 2. The first-order valence-electron chi connectivity index (χ1n) is 11.5. The first-order chi connectivity index (χ1) is 17.4. The molecule has 4 rings (SSSR count). The number of urea groups is 1. The van der Waals surface area contributed by atoms with Crippen LogP contribution in [-0.2, 0) is 11.2 Å². The first-order valence-corrected chi connectivity index (χ1v) is 11.5. The molecule has 0 saturated carbocycles. The van der Waals surface area contributed by atoms with Crippen LogP contribution in [0.5, 0.6) is 5.75 Å². The number of anilines is 2. The van der Waals surface area contributed by atoms with Crippen molar-refractivity contribution in [2.45, 2.75) is 31.8 Å². The monoisotopic (exact) mass is 491 g/mol. The molecule has 1 aliphatic heterocycles. The molecule has 8 nitrogen and oxygen atoms in total. The van der Waals surface area contributed by atoms with Crippen LogP contribution in [0.2, 0.25) is 0 Å². The van der Waals surface area contributed by atoms with Gasteiger partial charge in [-0.1, -0.05) is 30.3 Å². The number of benzene rings is 3. The number of likely N-dealkylation sites (tertiary alicyclic amines) is 1. The SMILES string of the molecule is O=C(Nc1ccccc1)Nc1ccc(CC(=O)[C@@H]2CCCN2[C@H](F)Oc2ccc(C(=O)O)cc2)cc1. The summed E-state index contributed by atoms with van der Waals surface area (Å²) >= 11 is 0. The summed E-state index contributed by atoms with van der Waals surface area (Å²) < 4.78 is 20.2. The van der Waals surface area contributed by atoms with Gasteiger partial charge in [0.1, 0.15) is 5.75 Å². The van der Waals surface area contributed by atoms with Gasteiger partial charge < -0.3 is 20.5 Å². The van der Waals surface area contributed by atoms with E-state index in [1.807, 2.05) is 18.2 Å². The Morgan fingerprint density at radius 2 is 1.58 bits per heavy atom. The van der Waals surface area contributed by atoms with Crippen LogP contribution < -0.4 is 15.4 Å². The molecular formula is C27H26FN3O5. The van der Waals surface area contributed by atoms with Gasteiger partial charge in [0.15, 0.2) is 5.78 Å². The van der Waals surface area contributed by atoms with Gasteiger partial charge in [-0.25, -0.2) is 14.5 Å². The molecule has 0 bridgehead atoms. The van der Waals surface area contributed by atoms with Gasteiger partial charge in [-0.05, 0) is 66.9 Å². The Bertz CT molecular complexity index is 1200. The zero-order chi connectivity index (χ0) is 25.5. The van der Waals surface area contributed by atoms with Gasteiger partial charge in [0.25, 0.3) is 6.48 Å². The molecule has 1 heterocycles. The summed E-state index contributed by atoms with van der Waals surface area (Å²) in [7, 11) is 0. The van der Waals surface area contributed by atoms with E-state index in [1.54, 1.807) is 36.4 Å². The second-order valence-electron chi connectivity index (χ2n) is 8.42. The molecule has 3 aromatic rings. The molecule has 1 aliphatic rings. The summed E-state index contributed by atoms with van der Waals surface area (Å²) in [4.78, 5) is 37.4. The van der Waals surface area contributed by atoms with Crippen LogP contribution >= 0.6 is 0 Å². The minimum Gasteiger partial charge on any atom is -0.478 e. The molecule has 186 valence electrons. The van der Waals surface area contributed by atoms with Gasteiger partial charge in [-0.3, -0.25) is 4.79 Å². The molecule has 2 amide bonds. The molecule has 0 spiro atoms. The van der Waals surface area contributed by atoms with Crippen molar-refractivity contribution in [2.75, 3.05) is 17.2 Å². The van der Waals surface area contributed by atoms with Crippen molar-refractivity contribution >= 4 is 29.2 Å². The molecule has 3 N–H and O–H groups in total. The van der Waals surface area contributed by atoms with E-state index >= 15 is 0 Å². The summed E-state index contributed by atoms with van der Waals surface area (Å²) in [6.45, 7) is -1.45. The van der Waals surface area contributed by atoms with E-state index in [9.17, 15) is 18.8 Å². The second kappa shape index (κ2) is 11.5. The predicted molar refractivity (Wildman–Crippen MR) is 133 cm³/mol. The van der Waals surface area contributed by atoms with Crippen molar-refractivity contribution in [1.29, 1.82) is 0 Å². The summed E-state index contributed by atoms with van der Waals surface area (Å²) in [5.41, 5.74) is 2.07. The lowest BCUT2D eigenvalue weighted by Crippen LogP contribution is -2.44. The van der Waals surface area contributed by atoms with Crippen LogP contribution in [0.25, 0.3) is 0 Å². The minimum atomic E-state index is -1.83. The highest BCUT2D eigenvalue weighted by Gasteiger charge is 2.36. The molecule has 0 aliphatic carbocycles. The highest BCUT2D eigenvalue weighted by Crippen LogP contribution is 2.25. The number of rotatable bonds is 9. The van der Waals surface area contributed by atoms with Crippen LogP contribution in [0, 0.1) is 0 Å². The summed E-state index contributed by atoms with van der Waals surface area (Å²) in [6.07, 6.45) is 1.31. The molecular weight excluding hydrogens is 465 g/mol. The van der Waals surface area contributed by atoms with Gasteiger partial charge in [-0.15, -0.1) is 0 Å². The number of hydrogen-bond donors (Lipinski definition) is 3. The number of halogens is 1. The zero-order valence-corrected chi connectivity index (χ0v) is 19.4. The lowest BCUT2D eigenvalue weighted by atomic mass is 10.0. The summed E-state index contributed by atoms with van der Waals surface area (Å²) in [6, 6.07) is 20.4. The number of para-hydroxylation sites is 1.